The maximum atomic E-state index is 8.56. The van der Waals surface area contributed by atoms with E-state index in [0.29, 0.717) is 0 Å². The molecule has 0 aromatic carbocycles. The molecule has 17 heavy (non-hydrogen) atoms. The summed E-state index contributed by atoms with van der Waals surface area (Å²) in [5, 5.41) is 27.9. The summed E-state index contributed by atoms with van der Waals surface area (Å²) in [5.41, 5.74) is 0. The quantitative estimate of drug-likeness (QED) is 0.517. The highest BCUT2D eigenvalue weighted by Crippen LogP contribution is 2.15. The Balaban J connectivity index is 0. The van der Waals surface area contributed by atoms with Crippen molar-refractivity contribution in [2.75, 3.05) is 0 Å². The minimum Gasteiger partial charge on any atom is -0.450 e. The molecule has 0 aromatic heterocycles. The first-order valence-electron chi connectivity index (χ1n) is 5.80. The van der Waals surface area contributed by atoms with Gasteiger partial charge in [0.25, 0.3) is 0 Å². The molecule has 0 saturated heterocycles. The maximum Gasteiger partial charge on any atom is 0.503 e. The molecule has 0 atom stereocenters. The van der Waals surface area contributed by atoms with Crippen molar-refractivity contribution in [3.05, 3.63) is 0 Å². The lowest BCUT2D eigenvalue weighted by molar-refractivity contribution is 0.135. The predicted molar refractivity (Wildman–Crippen MR) is 62.9 cm³/mol. The van der Waals surface area contributed by atoms with Crippen molar-refractivity contribution in [1.29, 1.82) is 0 Å². The second-order valence-electron chi connectivity index (χ2n) is 3.75. The molecule has 0 amide bonds. The van der Waals surface area contributed by atoms with E-state index in [9.17, 15) is 0 Å². The van der Waals surface area contributed by atoms with Gasteiger partial charge in [-0.15, -0.1) is 0 Å². The fraction of sp³-hybridized carbons (Fsp3) is 0.818. The van der Waals surface area contributed by atoms with E-state index in [1.54, 1.807) is 0 Å². The summed E-state index contributed by atoms with van der Waals surface area (Å²) in [6, 6.07) is 0. The van der Waals surface area contributed by atoms with Gasteiger partial charge in [0, 0.05) is 0 Å². The molecule has 0 unspecified atom stereocenters. The van der Waals surface area contributed by atoms with Gasteiger partial charge in [-0.25, -0.2) is 9.59 Å². The van der Waals surface area contributed by atoms with Crippen molar-refractivity contribution in [3.8, 4) is 0 Å². The second kappa shape index (κ2) is 14.5. The van der Waals surface area contributed by atoms with Gasteiger partial charge in [0.2, 0.25) is 0 Å². The van der Waals surface area contributed by atoms with Gasteiger partial charge < -0.3 is 20.4 Å². The number of carboxylic acid groups (broad SMARTS) is 4. The first-order chi connectivity index (χ1) is 7.96. The Morgan fingerprint density at radius 3 is 0.588 bits per heavy atom. The van der Waals surface area contributed by atoms with Crippen molar-refractivity contribution in [2.24, 2.45) is 0 Å². The minimum absolute atomic E-state index is 1.50. The Morgan fingerprint density at radius 1 is 0.471 bits per heavy atom. The summed E-state index contributed by atoms with van der Waals surface area (Å²) >= 11 is 0. The summed E-state index contributed by atoms with van der Waals surface area (Å²) < 4.78 is 0. The van der Waals surface area contributed by atoms with E-state index in [4.69, 9.17) is 30.0 Å². The monoisotopic (exact) mass is 250 g/mol. The first kappa shape index (κ1) is 17.9. The van der Waals surface area contributed by atoms with Crippen LogP contribution in [0.3, 0.4) is 0 Å². The lowest BCUT2D eigenvalue weighted by Crippen LogP contribution is -1.85. The smallest absolute Gasteiger partial charge is 0.450 e. The zero-order chi connectivity index (χ0) is 13.5. The van der Waals surface area contributed by atoms with Crippen LogP contribution in [0.25, 0.3) is 0 Å². The lowest BCUT2D eigenvalue weighted by Gasteiger charge is -2.05. The highest BCUT2D eigenvalue weighted by atomic mass is 16.6. The van der Waals surface area contributed by atoms with E-state index in [2.05, 4.69) is 0 Å². The molecule has 0 spiro atoms. The van der Waals surface area contributed by atoms with Crippen molar-refractivity contribution in [1.82, 2.24) is 0 Å². The summed E-state index contributed by atoms with van der Waals surface area (Å²) in [6.45, 7) is 0. The number of hydrogen-bond acceptors (Lipinski definition) is 2. The van der Waals surface area contributed by atoms with Crippen LogP contribution in [0, 0.1) is 0 Å². The van der Waals surface area contributed by atoms with Gasteiger partial charge in [-0.2, -0.15) is 0 Å². The highest BCUT2D eigenvalue weighted by molar-refractivity contribution is 5.53. The van der Waals surface area contributed by atoms with Crippen molar-refractivity contribution >= 4 is 12.3 Å². The second-order valence-corrected chi connectivity index (χ2v) is 3.75. The predicted octanol–water partition coefficient (Wildman–Crippen LogP) is 3.96. The third-order valence-electron chi connectivity index (χ3n) is 1.85. The molecule has 102 valence electrons. The molecule has 2 aliphatic carbocycles. The molecule has 2 fully saturated rings. The van der Waals surface area contributed by atoms with E-state index in [0.717, 1.165) is 0 Å². The minimum atomic E-state index is -1.83. The van der Waals surface area contributed by atoms with Crippen LogP contribution in [0.4, 0.5) is 9.59 Å². The fourth-order valence-electron chi connectivity index (χ4n) is 1.06. The third-order valence-corrected chi connectivity index (χ3v) is 1.85. The van der Waals surface area contributed by atoms with E-state index < -0.39 is 12.3 Å². The zero-order valence-electron chi connectivity index (χ0n) is 9.97. The van der Waals surface area contributed by atoms with Crippen LogP contribution in [0.2, 0.25) is 0 Å². The van der Waals surface area contributed by atoms with Crippen molar-refractivity contribution < 1.29 is 30.0 Å². The first-order valence-corrected chi connectivity index (χ1v) is 5.80. The molecule has 2 rings (SSSR count). The van der Waals surface area contributed by atoms with Gasteiger partial charge in [0.15, 0.2) is 0 Å². The highest BCUT2D eigenvalue weighted by Gasteiger charge is 1.95. The zero-order valence-corrected chi connectivity index (χ0v) is 9.97. The average Bonchev–Trinajstić information content (AvgIpc) is 3.05. The SMILES string of the molecule is C1CC1.C1CCCCC1.O=C(O)O.O=C(O)O. The largest absolute Gasteiger partial charge is 0.503 e. The molecule has 6 nitrogen and oxygen atoms in total. The Morgan fingerprint density at radius 2 is 0.529 bits per heavy atom. The standard InChI is InChI=1S/C6H12.C3H6.2CH2O3/c1-2-4-6-5-3-1;1-2-3-1;2*2-1(3)4/h1-6H2;1-3H2;2*(H2,2,3,4). The van der Waals surface area contributed by atoms with E-state index >= 15 is 0 Å². The van der Waals surface area contributed by atoms with E-state index in [1.165, 1.54) is 57.8 Å². The average molecular weight is 250 g/mol. The number of hydrogen-bond donors (Lipinski definition) is 4. The molecule has 6 heteroatoms. The molecule has 0 aliphatic heterocycles. The molecule has 4 N–H and O–H groups in total. The third kappa shape index (κ3) is 74.5. The Labute approximate surface area is 101 Å². The van der Waals surface area contributed by atoms with Crippen LogP contribution in [0.15, 0.2) is 0 Å². The van der Waals surface area contributed by atoms with Crippen molar-refractivity contribution in [3.63, 3.8) is 0 Å². The fourth-order valence-corrected chi connectivity index (χ4v) is 1.06. The Bertz CT molecular complexity index is 152. The summed E-state index contributed by atoms with van der Waals surface area (Å²) in [6.07, 6.45) is 9.83. The van der Waals surface area contributed by atoms with E-state index in [-0.39, 0.29) is 0 Å². The summed E-state index contributed by atoms with van der Waals surface area (Å²) in [7, 11) is 0. The van der Waals surface area contributed by atoms with Gasteiger partial charge in [0.1, 0.15) is 0 Å². The van der Waals surface area contributed by atoms with Gasteiger partial charge in [-0.3, -0.25) is 0 Å². The molecule has 2 saturated carbocycles. The maximum absolute atomic E-state index is 8.56. The summed E-state index contributed by atoms with van der Waals surface area (Å²) in [5.74, 6) is 0. The van der Waals surface area contributed by atoms with Gasteiger partial charge in [0.05, 0.1) is 0 Å². The van der Waals surface area contributed by atoms with Crippen LogP contribution >= 0.6 is 0 Å². The molecule has 0 heterocycles. The summed E-state index contributed by atoms with van der Waals surface area (Å²) in [4.78, 5) is 17.1. The van der Waals surface area contributed by atoms with Gasteiger partial charge >= 0.3 is 12.3 Å². The van der Waals surface area contributed by atoms with Crippen LogP contribution in [-0.4, -0.2) is 32.7 Å². The van der Waals surface area contributed by atoms with Gasteiger partial charge in [-0.1, -0.05) is 57.8 Å². The number of rotatable bonds is 0. The van der Waals surface area contributed by atoms with E-state index in [1.807, 2.05) is 0 Å². The molecule has 0 bridgehead atoms. The molecular weight excluding hydrogens is 228 g/mol. The molecule has 0 aromatic rings. The number of carbonyl (C=O) groups is 2. The molecular formula is C11H22O6. The van der Waals surface area contributed by atoms with Gasteiger partial charge in [-0.05, 0) is 0 Å². The van der Waals surface area contributed by atoms with Crippen LogP contribution in [0.1, 0.15) is 57.8 Å². The normalized spacial score (nSPS) is 15.5. The molecule has 2 aliphatic rings. The molecule has 0 radical (unpaired) electrons. The lowest BCUT2D eigenvalue weighted by atomic mass is 10.0. The Kier molecular flexibility index (Phi) is 15.3. The van der Waals surface area contributed by atoms with Crippen LogP contribution in [0.5, 0.6) is 0 Å². The van der Waals surface area contributed by atoms with Crippen molar-refractivity contribution in [2.45, 2.75) is 57.8 Å². The Hall–Kier alpha value is -1.46. The van der Waals surface area contributed by atoms with Crippen LogP contribution in [-0.2, 0) is 0 Å². The van der Waals surface area contributed by atoms with Crippen LogP contribution < -0.4 is 0 Å². The topological polar surface area (TPSA) is 115 Å².